The molecule has 5 rings (SSSR count). The first-order chi connectivity index (χ1) is 24.4. The van der Waals surface area contributed by atoms with Gasteiger partial charge in [0.15, 0.2) is 6.61 Å². The minimum absolute atomic E-state index is 0.0280. The molecule has 0 unspecified atom stereocenters. The molecule has 0 spiro atoms. The highest BCUT2D eigenvalue weighted by Gasteiger charge is 2.24. The zero-order valence-corrected chi connectivity index (χ0v) is 29.2. The molecule has 0 fully saturated rings. The topological polar surface area (TPSA) is 144 Å². The molecule has 0 aliphatic rings. The van der Waals surface area contributed by atoms with Crippen LogP contribution in [-0.4, -0.2) is 50.1 Å². The van der Waals surface area contributed by atoms with Crippen LogP contribution >= 0.6 is 0 Å². The lowest BCUT2D eigenvalue weighted by atomic mass is 9.99. The smallest absolute Gasteiger partial charge is 0.414 e. The van der Waals surface area contributed by atoms with Gasteiger partial charge in [-0.25, -0.2) is 17.9 Å². The molecule has 0 atom stereocenters. The van der Waals surface area contributed by atoms with Crippen LogP contribution in [0.5, 0.6) is 5.75 Å². The highest BCUT2D eigenvalue weighted by atomic mass is 32.2. The van der Waals surface area contributed by atoms with Crippen molar-refractivity contribution >= 4 is 39.3 Å². The van der Waals surface area contributed by atoms with Crippen LogP contribution < -0.4 is 19.7 Å². The number of rotatable bonds is 12. The highest BCUT2D eigenvalue weighted by Crippen LogP contribution is 2.28. The van der Waals surface area contributed by atoms with Gasteiger partial charge in [0.2, 0.25) is 0 Å². The van der Waals surface area contributed by atoms with Gasteiger partial charge in [-0.1, -0.05) is 54.6 Å². The van der Waals surface area contributed by atoms with Gasteiger partial charge >= 0.3 is 6.09 Å². The number of sulfonamides is 1. The van der Waals surface area contributed by atoms with Crippen molar-refractivity contribution in [3.05, 3.63) is 139 Å². The van der Waals surface area contributed by atoms with Gasteiger partial charge in [-0.15, -0.1) is 0 Å². The lowest BCUT2D eigenvalue weighted by Gasteiger charge is -2.27. The van der Waals surface area contributed by atoms with Crippen molar-refractivity contribution in [1.82, 2.24) is 9.71 Å². The fourth-order valence-corrected chi connectivity index (χ4v) is 5.98. The first kappa shape index (κ1) is 36.3. The fourth-order valence-electron chi connectivity index (χ4n) is 4.99. The Hall–Kier alpha value is -6.01. The maximum absolute atomic E-state index is 13.5. The van der Waals surface area contributed by atoms with Crippen LogP contribution in [0.1, 0.15) is 36.8 Å². The maximum Gasteiger partial charge on any atom is 0.414 e. The van der Waals surface area contributed by atoms with Crippen molar-refractivity contribution in [2.45, 2.75) is 37.7 Å². The summed E-state index contributed by atoms with van der Waals surface area (Å²) in [4.78, 5) is 44.8. The number of hydrogen-bond donors (Lipinski definition) is 2. The monoisotopic (exact) mass is 706 g/mol. The molecule has 51 heavy (non-hydrogen) atoms. The van der Waals surface area contributed by atoms with Gasteiger partial charge in [-0.05, 0) is 98.6 Å². The second-order valence-corrected chi connectivity index (χ2v) is 14.1. The molecule has 3 amide bonds. The van der Waals surface area contributed by atoms with Crippen molar-refractivity contribution in [2.75, 3.05) is 23.4 Å². The van der Waals surface area contributed by atoms with Gasteiger partial charge < -0.3 is 14.8 Å². The van der Waals surface area contributed by atoms with E-state index in [-0.39, 0.29) is 10.8 Å². The Morgan fingerprint density at radius 2 is 1.45 bits per heavy atom. The van der Waals surface area contributed by atoms with E-state index in [4.69, 9.17) is 9.47 Å². The van der Waals surface area contributed by atoms with Crippen LogP contribution in [0.3, 0.4) is 0 Å². The summed E-state index contributed by atoms with van der Waals surface area (Å²) >= 11 is 0. The third kappa shape index (κ3) is 10.2. The van der Waals surface area contributed by atoms with Crippen molar-refractivity contribution in [3.8, 4) is 16.9 Å². The minimum Gasteiger partial charge on any atom is -0.484 e. The zero-order valence-electron chi connectivity index (χ0n) is 28.4. The Morgan fingerprint density at radius 1 is 0.784 bits per heavy atom. The lowest BCUT2D eigenvalue weighted by Crippen LogP contribution is -2.38. The number of pyridine rings is 1. The van der Waals surface area contributed by atoms with Gasteiger partial charge in [0, 0.05) is 41.8 Å². The normalized spacial score (nSPS) is 11.3. The van der Waals surface area contributed by atoms with Gasteiger partial charge in [-0.2, -0.15) is 0 Å². The molecule has 12 heteroatoms. The number of benzene rings is 4. The summed E-state index contributed by atoms with van der Waals surface area (Å²) in [7, 11) is -4.01. The van der Waals surface area contributed by atoms with Gasteiger partial charge in [0.1, 0.15) is 11.4 Å². The van der Waals surface area contributed by atoms with Gasteiger partial charge in [0.05, 0.1) is 4.90 Å². The number of carbonyl (C=O) groups is 3. The third-order valence-electron chi connectivity index (χ3n) is 7.38. The first-order valence-corrected chi connectivity index (χ1v) is 17.6. The molecule has 1 aromatic heterocycles. The summed E-state index contributed by atoms with van der Waals surface area (Å²) in [5.74, 6) is -0.817. The standard InChI is InChI=1S/C39H38N4O7S/c1-39(2,3)50-38(46)43(26-24-29-11-9-10-25-40-29)31-20-18-30(19-21-31)41-37(45)35-15-8-7-14-34(35)28-16-22-32(23-17-28)49-27-36(44)42-51(47,48)33-12-5-4-6-13-33/h4-23,25H,24,26-27H2,1-3H3,(H,41,45)(H,42,44). The summed E-state index contributed by atoms with van der Waals surface area (Å²) in [6, 6.07) is 34.0. The molecule has 1 heterocycles. The molecule has 262 valence electrons. The van der Waals surface area contributed by atoms with Crippen molar-refractivity contribution in [1.29, 1.82) is 0 Å². The highest BCUT2D eigenvalue weighted by molar-refractivity contribution is 7.90. The van der Waals surface area contributed by atoms with Crippen LogP contribution in [0.15, 0.2) is 132 Å². The largest absolute Gasteiger partial charge is 0.484 e. The van der Waals surface area contributed by atoms with E-state index in [9.17, 15) is 22.8 Å². The van der Waals surface area contributed by atoms with Crippen molar-refractivity contribution < 1.29 is 32.3 Å². The first-order valence-electron chi connectivity index (χ1n) is 16.1. The van der Waals surface area contributed by atoms with Gasteiger partial charge in [-0.3, -0.25) is 19.5 Å². The van der Waals surface area contributed by atoms with Crippen LogP contribution in [-0.2, 0) is 26.0 Å². The summed E-state index contributed by atoms with van der Waals surface area (Å²) < 4.78 is 38.0. The Kier molecular flexibility index (Phi) is 11.5. The summed E-state index contributed by atoms with van der Waals surface area (Å²) in [6.07, 6.45) is 1.75. The number of ether oxygens (including phenoxy) is 2. The van der Waals surface area contributed by atoms with E-state index < -0.39 is 34.2 Å². The Balaban J connectivity index is 1.23. The molecule has 0 aliphatic heterocycles. The molecular weight excluding hydrogens is 669 g/mol. The average Bonchev–Trinajstić information content (AvgIpc) is 3.11. The van der Waals surface area contributed by atoms with Crippen LogP contribution in [0, 0.1) is 0 Å². The summed E-state index contributed by atoms with van der Waals surface area (Å²) in [6.45, 7) is 5.27. The molecule has 5 aromatic rings. The Bertz CT molecular complexity index is 2070. The van der Waals surface area contributed by atoms with Gasteiger partial charge in [0.25, 0.3) is 21.8 Å². The number of nitrogens with zero attached hydrogens (tertiary/aromatic N) is 2. The molecular formula is C39H38N4O7S. The number of nitrogens with one attached hydrogen (secondary N) is 2. The van der Waals surface area contributed by atoms with E-state index >= 15 is 0 Å². The summed E-state index contributed by atoms with van der Waals surface area (Å²) in [5.41, 5.74) is 3.11. The predicted molar refractivity (Wildman–Crippen MR) is 195 cm³/mol. The van der Waals surface area contributed by atoms with E-state index in [2.05, 4.69) is 10.3 Å². The molecule has 2 N–H and O–H groups in total. The van der Waals surface area contributed by atoms with E-state index in [1.807, 2.05) is 55.8 Å². The Labute approximate surface area is 297 Å². The van der Waals surface area contributed by atoms with E-state index in [1.165, 1.54) is 12.1 Å². The second kappa shape index (κ2) is 16.1. The van der Waals surface area contributed by atoms with E-state index in [1.54, 1.807) is 90.0 Å². The molecule has 0 radical (unpaired) electrons. The summed E-state index contributed by atoms with van der Waals surface area (Å²) in [5, 5.41) is 2.93. The molecule has 0 bridgehead atoms. The molecule has 11 nitrogen and oxygen atoms in total. The minimum atomic E-state index is -4.01. The maximum atomic E-state index is 13.5. The second-order valence-electron chi connectivity index (χ2n) is 12.4. The molecule has 0 saturated carbocycles. The van der Waals surface area contributed by atoms with Crippen LogP contribution in [0.4, 0.5) is 16.2 Å². The Morgan fingerprint density at radius 3 is 2.12 bits per heavy atom. The number of aromatic nitrogens is 1. The number of carbonyl (C=O) groups excluding carboxylic acids is 3. The quantitative estimate of drug-likeness (QED) is 0.143. The average molecular weight is 707 g/mol. The number of amides is 3. The van der Waals surface area contributed by atoms with Crippen molar-refractivity contribution in [2.24, 2.45) is 0 Å². The van der Waals surface area contributed by atoms with Crippen molar-refractivity contribution in [3.63, 3.8) is 0 Å². The number of hydrogen-bond acceptors (Lipinski definition) is 8. The zero-order chi connectivity index (χ0) is 36.4. The molecule has 0 saturated heterocycles. The van der Waals surface area contributed by atoms with E-state index in [0.29, 0.717) is 41.2 Å². The van der Waals surface area contributed by atoms with E-state index in [0.717, 1.165) is 11.3 Å². The molecule has 4 aromatic carbocycles. The molecule has 0 aliphatic carbocycles. The van der Waals surface area contributed by atoms with Crippen LogP contribution in [0.2, 0.25) is 0 Å². The fraction of sp³-hybridized carbons (Fsp3) is 0.179. The third-order valence-corrected chi connectivity index (χ3v) is 8.77. The lowest BCUT2D eigenvalue weighted by molar-refractivity contribution is -0.121. The predicted octanol–water partition coefficient (Wildman–Crippen LogP) is 6.87. The number of anilines is 2. The van der Waals surface area contributed by atoms with Crippen LogP contribution in [0.25, 0.3) is 11.1 Å². The SMILES string of the molecule is CC(C)(C)OC(=O)N(CCc1ccccn1)c1ccc(NC(=O)c2ccccc2-c2ccc(OCC(=O)NS(=O)(=O)c3ccccc3)cc2)cc1.